The molecule has 0 fully saturated rings. The van der Waals surface area contributed by atoms with E-state index in [4.69, 9.17) is 11.6 Å². The average molecular weight is 263 g/mol. The van der Waals surface area contributed by atoms with Crippen LogP contribution in [0.25, 0.3) is 11.6 Å². The summed E-state index contributed by atoms with van der Waals surface area (Å²) in [7, 11) is 0. The summed E-state index contributed by atoms with van der Waals surface area (Å²) in [5.74, 6) is 2.25. The van der Waals surface area contributed by atoms with Crippen molar-refractivity contribution in [2.75, 3.05) is 0 Å². The fourth-order valence-corrected chi connectivity index (χ4v) is 2.12. The Bertz CT molecular complexity index is 713. The average Bonchev–Trinajstić information content (AvgIpc) is 2.98. The third kappa shape index (κ3) is 1.49. The van der Waals surface area contributed by atoms with Crippen LogP contribution >= 0.6 is 11.6 Å². The van der Waals surface area contributed by atoms with E-state index in [2.05, 4.69) is 27.0 Å². The number of aromatic nitrogens is 6. The summed E-state index contributed by atoms with van der Waals surface area (Å²) in [5.41, 5.74) is 0.849. The van der Waals surface area contributed by atoms with Crippen LogP contribution in [0.15, 0.2) is 18.7 Å². The summed E-state index contributed by atoms with van der Waals surface area (Å²) in [6, 6.07) is 0. The predicted molar refractivity (Wildman–Crippen MR) is 67.0 cm³/mol. The molecule has 0 aliphatic rings. The van der Waals surface area contributed by atoms with Crippen molar-refractivity contribution in [3.05, 3.63) is 35.3 Å². The molecule has 6 nitrogen and oxygen atoms in total. The van der Waals surface area contributed by atoms with Gasteiger partial charge >= 0.3 is 0 Å². The molecule has 0 saturated carbocycles. The number of halogens is 1. The first-order chi connectivity index (χ1) is 8.72. The van der Waals surface area contributed by atoms with Crippen LogP contribution in [0, 0.1) is 6.92 Å². The minimum absolute atomic E-state index is 0.432. The predicted octanol–water partition coefficient (Wildman–Crippen LogP) is 1.83. The minimum atomic E-state index is 0.432. The fraction of sp³-hybridized carbons (Fsp3) is 0.273. The van der Waals surface area contributed by atoms with Crippen molar-refractivity contribution in [2.24, 2.45) is 0 Å². The summed E-state index contributed by atoms with van der Waals surface area (Å²) < 4.78 is 3.63. The van der Waals surface area contributed by atoms with Gasteiger partial charge in [0.15, 0.2) is 0 Å². The molecule has 0 spiro atoms. The van der Waals surface area contributed by atoms with Crippen molar-refractivity contribution in [3.63, 3.8) is 0 Å². The molecule has 0 aromatic carbocycles. The lowest BCUT2D eigenvalue weighted by molar-refractivity contribution is 0.797. The Morgan fingerprint density at radius 3 is 2.94 bits per heavy atom. The van der Waals surface area contributed by atoms with Gasteiger partial charge in [-0.05, 0) is 6.92 Å². The van der Waals surface area contributed by atoms with Gasteiger partial charge in [-0.1, -0.05) is 18.5 Å². The van der Waals surface area contributed by atoms with Crippen molar-refractivity contribution in [2.45, 2.75) is 20.3 Å². The van der Waals surface area contributed by atoms with Crippen LogP contribution in [0.1, 0.15) is 18.3 Å². The van der Waals surface area contributed by atoms with Crippen molar-refractivity contribution in [1.29, 1.82) is 0 Å². The van der Waals surface area contributed by atoms with E-state index in [1.807, 2.05) is 17.7 Å². The van der Waals surface area contributed by atoms with Crippen LogP contribution in [0.5, 0.6) is 0 Å². The van der Waals surface area contributed by atoms with E-state index in [9.17, 15) is 0 Å². The number of imidazole rings is 1. The lowest BCUT2D eigenvalue weighted by atomic mass is 10.3. The molecule has 3 heterocycles. The van der Waals surface area contributed by atoms with Gasteiger partial charge in [-0.25, -0.2) is 4.98 Å². The molecule has 3 aromatic rings. The van der Waals surface area contributed by atoms with Gasteiger partial charge in [0.1, 0.15) is 23.1 Å². The third-order valence-corrected chi connectivity index (χ3v) is 3.20. The molecule has 92 valence electrons. The Morgan fingerprint density at radius 1 is 1.33 bits per heavy atom. The Balaban J connectivity index is 2.40. The maximum absolute atomic E-state index is 6.14. The second kappa shape index (κ2) is 4.06. The van der Waals surface area contributed by atoms with Crippen LogP contribution in [0.2, 0.25) is 5.15 Å². The molecule has 18 heavy (non-hydrogen) atoms. The maximum Gasteiger partial charge on any atom is 0.255 e. The Labute approximate surface area is 108 Å². The third-order valence-electron chi connectivity index (χ3n) is 2.84. The molecule has 0 aliphatic heterocycles. The topological polar surface area (TPSA) is 60.9 Å². The SMILES string of the molecule is CCc1nccn1-c1c(C)c(Cl)nc2ncnn12. The molecule has 7 heteroatoms. The Hall–Kier alpha value is -1.95. The first-order valence-corrected chi connectivity index (χ1v) is 5.98. The van der Waals surface area contributed by atoms with E-state index < -0.39 is 0 Å². The van der Waals surface area contributed by atoms with Crippen LogP contribution in [-0.2, 0) is 6.42 Å². The maximum atomic E-state index is 6.14. The van der Waals surface area contributed by atoms with Crippen LogP contribution in [-0.4, -0.2) is 29.1 Å². The molecule has 0 bridgehead atoms. The molecular formula is C11H11ClN6. The second-order valence-corrected chi connectivity index (χ2v) is 4.25. The van der Waals surface area contributed by atoms with E-state index in [-0.39, 0.29) is 0 Å². The largest absolute Gasteiger partial charge is 0.287 e. The molecule has 0 atom stereocenters. The van der Waals surface area contributed by atoms with Crippen LogP contribution in [0.4, 0.5) is 0 Å². The molecule has 0 aliphatic carbocycles. The van der Waals surface area contributed by atoms with Crippen molar-refractivity contribution < 1.29 is 0 Å². The number of hydrogen-bond donors (Lipinski definition) is 0. The molecule has 3 rings (SSSR count). The summed E-state index contributed by atoms with van der Waals surface area (Å²) in [6.07, 6.45) is 5.93. The highest BCUT2D eigenvalue weighted by Crippen LogP contribution is 2.22. The van der Waals surface area contributed by atoms with Gasteiger partial charge in [0.05, 0.1) is 0 Å². The molecule has 0 saturated heterocycles. The summed E-state index contributed by atoms with van der Waals surface area (Å²) in [6.45, 7) is 3.96. The Morgan fingerprint density at radius 2 is 2.17 bits per heavy atom. The fourth-order valence-electron chi connectivity index (χ4n) is 1.96. The van der Waals surface area contributed by atoms with Crippen molar-refractivity contribution >= 4 is 17.4 Å². The Kier molecular flexibility index (Phi) is 2.52. The van der Waals surface area contributed by atoms with E-state index in [0.29, 0.717) is 10.9 Å². The molecule has 0 radical (unpaired) electrons. The lowest BCUT2D eigenvalue weighted by Gasteiger charge is -2.11. The number of rotatable bonds is 2. The van der Waals surface area contributed by atoms with Crippen molar-refractivity contribution in [3.8, 4) is 5.82 Å². The van der Waals surface area contributed by atoms with Gasteiger partial charge in [-0.2, -0.15) is 19.6 Å². The molecule has 0 N–H and O–H groups in total. The monoisotopic (exact) mass is 262 g/mol. The molecule has 0 unspecified atom stereocenters. The highest BCUT2D eigenvalue weighted by atomic mass is 35.5. The zero-order valence-corrected chi connectivity index (χ0v) is 10.8. The van der Waals surface area contributed by atoms with Crippen LogP contribution < -0.4 is 0 Å². The first-order valence-electron chi connectivity index (χ1n) is 5.60. The van der Waals surface area contributed by atoms with E-state index in [1.165, 1.54) is 6.33 Å². The second-order valence-electron chi connectivity index (χ2n) is 3.89. The molecule has 3 aromatic heterocycles. The van der Waals surface area contributed by atoms with E-state index in [0.717, 1.165) is 23.6 Å². The quantitative estimate of drug-likeness (QED) is 0.661. The van der Waals surface area contributed by atoms with Gasteiger partial charge in [0.2, 0.25) is 0 Å². The minimum Gasteiger partial charge on any atom is -0.287 e. The lowest BCUT2D eigenvalue weighted by Crippen LogP contribution is -2.10. The zero-order chi connectivity index (χ0) is 12.7. The smallest absolute Gasteiger partial charge is 0.255 e. The standard InChI is InChI=1S/C11H11ClN6/c1-3-8-13-4-5-17(8)10-7(2)9(12)16-11-14-6-15-18(10)11/h4-6H,3H2,1-2H3. The van der Waals surface area contributed by atoms with Gasteiger partial charge in [-0.3, -0.25) is 4.57 Å². The number of hydrogen-bond acceptors (Lipinski definition) is 4. The highest BCUT2D eigenvalue weighted by molar-refractivity contribution is 6.30. The summed E-state index contributed by atoms with van der Waals surface area (Å²) in [5, 5.41) is 4.62. The van der Waals surface area contributed by atoms with Crippen molar-refractivity contribution in [1.82, 2.24) is 29.1 Å². The first kappa shape index (κ1) is 11.2. The normalized spacial score (nSPS) is 11.3. The number of fused-ring (bicyclic) bond motifs is 1. The van der Waals surface area contributed by atoms with E-state index in [1.54, 1.807) is 10.7 Å². The zero-order valence-electron chi connectivity index (χ0n) is 10.0. The van der Waals surface area contributed by atoms with Crippen LogP contribution in [0.3, 0.4) is 0 Å². The molecular weight excluding hydrogens is 252 g/mol. The van der Waals surface area contributed by atoms with Gasteiger partial charge in [0, 0.05) is 24.4 Å². The van der Waals surface area contributed by atoms with Gasteiger partial charge in [0.25, 0.3) is 5.78 Å². The van der Waals surface area contributed by atoms with Gasteiger partial charge in [-0.15, -0.1) is 0 Å². The number of nitrogens with zero attached hydrogens (tertiary/aromatic N) is 6. The number of aryl methyl sites for hydroxylation is 1. The van der Waals surface area contributed by atoms with E-state index >= 15 is 0 Å². The highest BCUT2D eigenvalue weighted by Gasteiger charge is 2.15. The molecule has 0 amide bonds. The summed E-state index contributed by atoms with van der Waals surface area (Å²) in [4.78, 5) is 12.6. The van der Waals surface area contributed by atoms with Gasteiger partial charge < -0.3 is 0 Å². The summed E-state index contributed by atoms with van der Waals surface area (Å²) >= 11 is 6.14.